The van der Waals surface area contributed by atoms with E-state index in [2.05, 4.69) is 5.92 Å². The second kappa shape index (κ2) is 6.79. The molecule has 4 heteroatoms. The van der Waals surface area contributed by atoms with Crippen molar-refractivity contribution in [3.05, 3.63) is 24.3 Å². The number of hydrogen-bond acceptors (Lipinski definition) is 4. The molecule has 0 amide bonds. The lowest BCUT2D eigenvalue weighted by molar-refractivity contribution is 0.0392. The Morgan fingerprint density at radius 3 is 2.35 bits per heavy atom. The summed E-state index contributed by atoms with van der Waals surface area (Å²) in [5, 5.41) is 18.5. The average molecular weight is 236 g/mol. The first-order chi connectivity index (χ1) is 8.17. The molecule has 0 aliphatic rings. The molecule has 0 fully saturated rings. The van der Waals surface area contributed by atoms with Gasteiger partial charge in [-0.15, -0.1) is 6.42 Å². The molecule has 0 aromatic heterocycles. The van der Waals surface area contributed by atoms with E-state index < -0.39 is 12.2 Å². The third-order valence-corrected chi connectivity index (χ3v) is 2.28. The molecular formula is C13H16O4. The molecule has 0 radical (unpaired) electrons. The summed E-state index contributed by atoms with van der Waals surface area (Å²) in [4.78, 5) is 0. The van der Waals surface area contributed by atoms with Gasteiger partial charge in [0.05, 0.1) is 19.8 Å². The predicted molar refractivity (Wildman–Crippen MR) is 64.0 cm³/mol. The molecule has 92 valence electrons. The number of terminal acetylenes is 1. The molecule has 0 aliphatic carbocycles. The van der Waals surface area contributed by atoms with E-state index in [-0.39, 0.29) is 13.0 Å². The lowest BCUT2D eigenvalue weighted by Gasteiger charge is -2.13. The van der Waals surface area contributed by atoms with Gasteiger partial charge in [0.1, 0.15) is 17.6 Å². The quantitative estimate of drug-likeness (QED) is 0.718. The van der Waals surface area contributed by atoms with Crippen LogP contribution >= 0.6 is 0 Å². The van der Waals surface area contributed by atoms with E-state index in [4.69, 9.17) is 21.0 Å². The summed E-state index contributed by atoms with van der Waals surface area (Å²) in [5.74, 6) is 3.49. The van der Waals surface area contributed by atoms with E-state index in [0.29, 0.717) is 5.75 Å². The third kappa shape index (κ3) is 4.35. The first-order valence-corrected chi connectivity index (χ1v) is 5.26. The Morgan fingerprint density at radius 2 is 1.82 bits per heavy atom. The van der Waals surface area contributed by atoms with Crippen LogP contribution in [0.1, 0.15) is 6.42 Å². The number of methoxy groups -OCH3 is 1. The number of benzene rings is 1. The maximum atomic E-state index is 9.39. The van der Waals surface area contributed by atoms with Gasteiger partial charge >= 0.3 is 0 Å². The van der Waals surface area contributed by atoms with Gasteiger partial charge in [-0.3, -0.25) is 0 Å². The third-order valence-electron chi connectivity index (χ3n) is 2.28. The number of hydrogen-bond donors (Lipinski definition) is 2. The van der Waals surface area contributed by atoms with Crippen molar-refractivity contribution in [1.82, 2.24) is 0 Å². The largest absolute Gasteiger partial charge is 0.497 e. The fourth-order valence-electron chi connectivity index (χ4n) is 1.24. The van der Waals surface area contributed by atoms with Crippen LogP contribution in [0.5, 0.6) is 11.5 Å². The molecule has 2 atom stereocenters. The topological polar surface area (TPSA) is 58.9 Å². The Kier molecular flexibility index (Phi) is 5.34. The van der Waals surface area contributed by atoms with Gasteiger partial charge in [-0.05, 0) is 24.3 Å². The van der Waals surface area contributed by atoms with Gasteiger partial charge in [0.2, 0.25) is 0 Å². The highest BCUT2D eigenvalue weighted by molar-refractivity contribution is 5.31. The van der Waals surface area contributed by atoms with Gasteiger partial charge in [0.15, 0.2) is 0 Å². The van der Waals surface area contributed by atoms with Crippen LogP contribution in [0.4, 0.5) is 0 Å². The molecule has 1 aromatic rings. The van der Waals surface area contributed by atoms with Gasteiger partial charge in [0.25, 0.3) is 0 Å². The van der Waals surface area contributed by atoms with Gasteiger partial charge in [-0.1, -0.05) is 5.92 Å². The van der Waals surface area contributed by atoms with Crippen LogP contribution in [-0.2, 0) is 0 Å². The van der Waals surface area contributed by atoms with Crippen LogP contribution in [-0.4, -0.2) is 36.1 Å². The summed E-state index contributed by atoms with van der Waals surface area (Å²) < 4.78 is 10.4. The van der Waals surface area contributed by atoms with E-state index >= 15 is 0 Å². The van der Waals surface area contributed by atoms with Gasteiger partial charge < -0.3 is 19.7 Å². The molecule has 1 aromatic carbocycles. The van der Waals surface area contributed by atoms with E-state index in [9.17, 15) is 5.11 Å². The minimum atomic E-state index is -1.14. The molecule has 0 aliphatic heterocycles. The Labute approximate surface area is 101 Å². The van der Waals surface area contributed by atoms with Crippen molar-refractivity contribution in [3.63, 3.8) is 0 Å². The zero-order valence-electron chi connectivity index (χ0n) is 9.67. The summed E-state index contributed by atoms with van der Waals surface area (Å²) in [6.07, 6.45) is 3.14. The lowest BCUT2D eigenvalue weighted by Crippen LogP contribution is -2.26. The molecule has 0 saturated heterocycles. The highest BCUT2D eigenvalue weighted by Gasteiger charge is 2.12. The number of aliphatic hydroxyl groups excluding tert-OH is 2. The first kappa shape index (κ1) is 13.4. The molecule has 0 heterocycles. The van der Waals surface area contributed by atoms with Crippen molar-refractivity contribution in [2.24, 2.45) is 0 Å². The highest BCUT2D eigenvalue weighted by atomic mass is 16.5. The second-order valence-electron chi connectivity index (χ2n) is 3.49. The lowest BCUT2D eigenvalue weighted by atomic mass is 10.1. The Morgan fingerprint density at radius 1 is 1.24 bits per heavy atom. The minimum absolute atomic E-state index is 0.275. The molecule has 4 nitrogen and oxygen atoms in total. The number of rotatable bonds is 6. The summed E-state index contributed by atoms with van der Waals surface area (Å²) in [6.45, 7) is 0.284. The molecule has 0 spiro atoms. The smallest absolute Gasteiger partial charge is 0.140 e. The number of ether oxygens (including phenoxy) is 2. The van der Waals surface area contributed by atoms with Gasteiger partial charge in [-0.25, -0.2) is 0 Å². The van der Waals surface area contributed by atoms with Crippen LogP contribution in [0, 0.1) is 12.3 Å². The minimum Gasteiger partial charge on any atom is -0.497 e. The van der Waals surface area contributed by atoms with Crippen LogP contribution < -0.4 is 9.47 Å². The molecule has 0 saturated carbocycles. The normalized spacial score (nSPS) is 13.5. The van der Waals surface area contributed by atoms with Crippen LogP contribution in [0.25, 0.3) is 0 Å². The van der Waals surface area contributed by atoms with E-state index in [1.165, 1.54) is 0 Å². The van der Waals surface area contributed by atoms with Crippen molar-refractivity contribution in [3.8, 4) is 23.8 Å². The van der Waals surface area contributed by atoms with Crippen molar-refractivity contribution in [2.75, 3.05) is 13.7 Å². The Balaban J connectivity index is 2.33. The fourth-order valence-corrected chi connectivity index (χ4v) is 1.24. The molecule has 2 N–H and O–H groups in total. The maximum Gasteiger partial charge on any atom is 0.140 e. The second-order valence-corrected chi connectivity index (χ2v) is 3.49. The van der Waals surface area contributed by atoms with Gasteiger partial charge in [0, 0.05) is 6.42 Å². The molecule has 17 heavy (non-hydrogen) atoms. The molecule has 0 unspecified atom stereocenters. The molecule has 1 rings (SSSR count). The summed E-state index contributed by atoms with van der Waals surface area (Å²) in [7, 11) is 1.59. The van der Waals surface area contributed by atoms with E-state index in [1.54, 1.807) is 31.4 Å². The summed E-state index contributed by atoms with van der Waals surface area (Å²) in [5.41, 5.74) is 0. The van der Waals surface area contributed by atoms with Crippen molar-refractivity contribution >= 4 is 0 Å². The van der Waals surface area contributed by atoms with Crippen LogP contribution in [0.15, 0.2) is 24.3 Å². The van der Waals surface area contributed by atoms with Gasteiger partial charge in [-0.2, -0.15) is 0 Å². The number of aliphatic hydroxyl groups is 2. The average Bonchev–Trinajstić information content (AvgIpc) is 2.38. The zero-order valence-corrected chi connectivity index (χ0v) is 9.67. The SMILES string of the molecule is C#C[C@@H](O)[C@H](O)CCOc1ccc(OC)cc1. The van der Waals surface area contributed by atoms with Crippen molar-refractivity contribution in [2.45, 2.75) is 18.6 Å². The zero-order chi connectivity index (χ0) is 12.7. The Bertz CT molecular complexity index is 366. The van der Waals surface area contributed by atoms with Crippen molar-refractivity contribution in [1.29, 1.82) is 0 Å². The van der Waals surface area contributed by atoms with E-state index in [1.807, 2.05) is 0 Å². The van der Waals surface area contributed by atoms with Crippen molar-refractivity contribution < 1.29 is 19.7 Å². The highest BCUT2D eigenvalue weighted by Crippen LogP contribution is 2.17. The van der Waals surface area contributed by atoms with Crippen LogP contribution in [0.2, 0.25) is 0 Å². The van der Waals surface area contributed by atoms with Crippen LogP contribution in [0.3, 0.4) is 0 Å². The fraction of sp³-hybridized carbons (Fsp3) is 0.385. The standard InChI is InChI=1S/C13H16O4/c1-3-12(14)13(15)8-9-17-11-6-4-10(16-2)5-7-11/h1,4-7,12-15H,8-9H2,2H3/t12-,13-/m1/s1. The monoisotopic (exact) mass is 236 g/mol. The predicted octanol–water partition coefficient (Wildman–Crippen LogP) is 0.819. The molecule has 0 bridgehead atoms. The summed E-state index contributed by atoms with van der Waals surface area (Å²) in [6, 6.07) is 7.09. The first-order valence-electron chi connectivity index (χ1n) is 5.26. The maximum absolute atomic E-state index is 9.39. The van der Waals surface area contributed by atoms with E-state index in [0.717, 1.165) is 5.75 Å². The Hall–Kier alpha value is -1.70. The summed E-state index contributed by atoms with van der Waals surface area (Å²) >= 11 is 0. The molecular weight excluding hydrogens is 220 g/mol.